The lowest BCUT2D eigenvalue weighted by molar-refractivity contribution is -0.384. The standard InChI is InChI=1S/C12H9ClN4O4/c1-21-9-6-7(17(19)20)2-3-8(9)12(18)14-11-5-4-10(13)15-16-11/h2-6H,1H3,(H,14,16,18). The van der Waals surface area contributed by atoms with Gasteiger partial charge in [0, 0.05) is 6.07 Å². The van der Waals surface area contributed by atoms with Crippen molar-refractivity contribution in [2.45, 2.75) is 0 Å². The summed E-state index contributed by atoms with van der Waals surface area (Å²) in [6.07, 6.45) is 0. The monoisotopic (exact) mass is 308 g/mol. The molecule has 0 saturated heterocycles. The van der Waals surface area contributed by atoms with E-state index in [0.29, 0.717) is 0 Å². The maximum atomic E-state index is 12.1. The van der Waals surface area contributed by atoms with E-state index in [2.05, 4.69) is 15.5 Å². The van der Waals surface area contributed by atoms with E-state index in [-0.39, 0.29) is 28.0 Å². The van der Waals surface area contributed by atoms with Gasteiger partial charge in [0.1, 0.15) is 5.75 Å². The molecule has 2 rings (SSSR count). The van der Waals surface area contributed by atoms with E-state index >= 15 is 0 Å². The first-order valence-corrected chi connectivity index (χ1v) is 6.02. The number of benzene rings is 1. The van der Waals surface area contributed by atoms with Crippen LogP contribution in [0.25, 0.3) is 0 Å². The summed E-state index contributed by atoms with van der Waals surface area (Å²) in [6, 6.07) is 6.63. The number of methoxy groups -OCH3 is 1. The number of anilines is 1. The maximum absolute atomic E-state index is 12.1. The van der Waals surface area contributed by atoms with Crippen LogP contribution in [0, 0.1) is 10.1 Å². The average molecular weight is 309 g/mol. The van der Waals surface area contributed by atoms with Crippen LogP contribution in [-0.2, 0) is 0 Å². The minimum absolute atomic E-state index is 0.0867. The van der Waals surface area contributed by atoms with Gasteiger partial charge in [0.15, 0.2) is 11.0 Å². The van der Waals surface area contributed by atoms with Crippen LogP contribution in [-0.4, -0.2) is 28.1 Å². The Bertz CT molecular complexity index is 690. The van der Waals surface area contributed by atoms with E-state index in [0.717, 1.165) is 0 Å². The van der Waals surface area contributed by atoms with Crippen molar-refractivity contribution in [1.29, 1.82) is 0 Å². The normalized spacial score (nSPS) is 10.0. The fourth-order valence-corrected chi connectivity index (χ4v) is 1.65. The van der Waals surface area contributed by atoms with Gasteiger partial charge in [-0.05, 0) is 18.2 Å². The molecule has 1 N–H and O–H groups in total. The van der Waals surface area contributed by atoms with Crippen molar-refractivity contribution in [1.82, 2.24) is 10.2 Å². The molecular formula is C12H9ClN4O4. The third-order valence-electron chi connectivity index (χ3n) is 2.51. The van der Waals surface area contributed by atoms with E-state index in [1.165, 1.54) is 37.4 Å². The van der Waals surface area contributed by atoms with Gasteiger partial charge in [-0.3, -0.25) is 14.9 Å². The van der Waals surface area contributed by atoms with Crippen molar-refractivity contribution in [3.05, 3.63) is 51.2 Å². The Kier molecular flexibility index (Phi) is 4.29. The molecule has 1 aromatic carbocycles. The molecule has 0 bridgehead atoms. The molecule has 0 radical (unpaired) electrons. The zero-order chi connectivity index (χ0) is 15.4. The lowest BCUT2D eigenvalue weighted by atomic mass is 10.1. The molecule has 0 saturated carbocycles. The number of hydrogen-bond acceptors (Lipinski definition) is 6. The number of rotatable bonds is 4. The quantitative estimate of drug-likeness (QED) is 0.686. The first-order valence-electron chi connectivity index (χ1n) is 5.64. The minimum atomic E-state index is -0.575. The highest BCUT2D eigenvalue weighted by molar-refractivity contribution is 6.29. The van der Waals surface area contributed by atoms with Gasteiger partial charge in [0.2, 0.25) is 0 Å². The molecule has 0 aliphatic carbocycles. The first-order chi connectivity index (χ1) is 10.0. The number of ether oxygens (including phenoxy) is 1. The Morgan fingerprint density at radius 3 is 2.67 bits per heavy atom. The number of amides is 1. The van der Waals surface area contributed by atoms with Gasteiger partial charge in [-0.1, -0.05) is 11.6 Å². The van der Waals surface area contributed by atoms with Crippen molar-refractivity contribution in [3.63, 3.8) is 0 Å². The summed E-state index contributed by atoms with van der Waals surface area (Å²) < 4.78 is 4.99. The van der Waals surface area contributed by atoms with Crippen molar-refractivity contribution < 1.29 is 14.5 Å². The molecule has 1 heterocycles. The van der Waals surface area contributed by atoms with Gasteiger partial charge >= 0.3 is 0 Å². The molecule has 0 aliphatic rings. The molecule has 0 spiro atoms. The highest BCUT2D eigenvalue weighted by atomic mass is 35.5. The van der Waals surface area contributed by atoms with Crippen LogP contribution in [0.2, 0.25) is 5.15 Å². The fourth-order valence-electron chi connectivity index (χ4n) is 1.55. The lowest BCUT2D eigenvalue weighted by Gasteiger charge is -2.08. The molecule has 0 aliphatic heterocycles. The van der Waals surface area contributed by atoms with E-state index in [4.69, 9.17) is 16.3 Å². The van der Waals surface area contributed by atoms with E-state index in [9.17, 15) is 14.9 Å². The first kappa shape index (κ1) is 14.7. The highest BCUT2D eigenvalue weighted by Crippen LogP contribution is 2.25. The Morgan fingerprint density at radius 2 is 2.10 bits per heavy atom. The number of nitro groups is 1. The molecular weight excluding hydrogens is 300 g/mol. The average Bonchev–Trinajstić information content (AvgIpc) is 2.48. The summed E-state index contributed by atoms with van der Waals surface area (Å²) in [6.45, 7) is 0. The smallest absolute Gasteiger partial charge is 0.273 e. The van der Waals surface area contributed by atoms with Crippen molar-refractivity contribution in [2.24, 2.45) is 0 Å². The number of aromatic nitrogens is 2. The van der Waals surface area contributed by atoms with E-state index < -0.39 is 10.8 Å². The van der Waals surface area contributed by atoms with Crippen molar-refractivity contribution in [2.75, 3.05) is 12.4 Å². The largest absolute Gasteiger partial charge is 0.496 e. The predicted octanol–water partition coefficient (Wildman–Crippen LogP) is 2.30. The Balaban J connectivity index is 2.26. The number of halogens is 1. The van der Waals surface area contributed by atoms with Crippen LogP contribution in [0.1, 0.15) is 10.4 Å². The van der Waals surface area contributed by atoms with Gasteiger partial charge in [-0.2, -0.15) is 0 Å². The molecule has 8 nitrogen and oxygen atoms in total. The number of nitro benzene ring substituents is 1. The second-order valence-corrected chi connectivity index (χ2v) is 4.22. The molecule has 1 aromatic heterocycles. The SMILES string of the molecule is COc1cc([N+](=O)[O-])ccc1C(=O)Nc1ccc(Cl)nn1. The molecule has 21 heavy (non-hydrogen) atoms. The van der Waals surface area contributed by atoms with Gasteiger partial charge in [0.05, 0.1) is 23.7 Å². The molecule has 0 fully saturated rings. The van der Waals surface area contributed by atoms with Crippen LogP contribution in [0.5, 0.6) is 5.75 Å². The van der Waals surface area contributed by atoms with Crippen LogP contribution in [0.15, 0.2) is 30.3 Å². The zero-order valence-corrected chi connectivity index (χ0v) is 11.5. The topological polar surface area (TPSA) is 107 Å². The summed E-state index contributed by atoms with van der Waals surface area (Å²) in [4.78, 5) is 22.2. The maximum Gasteiger partial charge on any atom is 0.273 e. The molecule has 2 aromatic rings. The molecule has 0 unspecified atom stereocenters. The van der Waals surface area contributed by atoms with Crippen LogP contribution in [0.4, 0.5) is 11.5 Å². The Labute approximate surface area is 123 Å². The Morgan fingerprint density at radius 1 is 1.33 bits per heavy atom. The summed E-state index contributed by atoms with van der Waals surface area (Å²) >= 11 is 5.59. The Hall–Kier alpha value is -2.74. The summed E-state index contributed by atoms with van der Waals surface area (Å²) in [5.41, 5.74) is -0.0328. The van der Waals surface area contributed by atoms with Crippen molar-refractivity contribution >= 4 is 29.0 Å². The summed E-state index contributed by atoms with van der Waals surface area (Å²) in [7, 11) is 1.32. The lowest BCUT2D eigenvalue weighted by Crippen LogP contribution is -2.14. The second kappa shape index (κ2) is 6.14. The number of carbonyl (C=O) groups is 1. The summed E-state index contributed by atoms with van der Waals surface area (Å²) in [5.74, 6) is -0.244. The molecule has 108 valence electrons. The number of nitrogens with one attached hydrogen (secondary N) is 1. The van der Waals surface area contributed by atoms with Crippen LogP contribution < -0.4 is 10.1 Å². The number of carbonyl (C=O) groups excluding carboxylic acids is 1. The molecule has 1 amide bonds. The molecule has 0 atom stereocenters. The number of hydrogen-bond donors (Lipinski definition) is 1. The van der Waals surface area contributed by atoms with Crippen LogP contribution >= 0.6 is 11.6 Å². The predicted molar refractivity (Wildman–Crippen MR) is 74.6 cm³/mol. The number of nitrogens with zero attached hydrogens (tertiary/aromatic N) is 3. The van der Waals surface area contributed by atoms with Gasteiger partial charge < -0.3 is 10.1 Å². The highest BCUT2D eigenvalue weighted by Gasteiger charge is 2.17. The van der Waals surface area contributed by atoms with Gasteiger partial charge in [-0.25, -0.2) is 0 Å². The van der Waals surface area contributed by atoms with Crippen molar-refractivity contribution in [3.8, 4) is 5.75 Å². The van der Waals surface area contributed by atoms with Gasteiger partial charge in [0.25, 0.3) is 11.6 Å². The second-order valence-electron chi connectivity index (χ2n) is 3.84. The van der Waals surface area contributed by atoms with Crippen LogP contribution in [0.3, 0.4) is 0 Å². The van der Waals surface area contributed by atoms with E-state index in [1.807, 2.05) is 0 Å². The minimum Gasteiger partial charge on any atom is -0.496 e. The summed E-state index contributed by atoms with van der Waals surface area (Å²) in [5, 5.41) is 20.6. The zero-order valence-electron chi connectivity index (χ0n) is 10.7. The van der Waals surface area contributed by atoms with Gasteiger partial charge in [-0.15, -0.1) is 10.2 Å². The number of non-ortho nitro benzene ring substituents is 1. The third-order valence-corrected chi connectivity index (χ3v) is 2.72. The molecule has 9 heteroatoms. The fraction of sp³-hybridized carbons (Fsp3) is 0.0833. The third kappa shape index (κ3) is 3.42. The van der Waals surface area contributed by atoms with E-state index in [1.54, 1.807) is 0 Å².